The molecule has 0 aromatic carbocycles. The second-order valence-electron chi connectivity index (χ2n) is 5.81. The Morgan fingerprint density at radius 2 is 2.16 bits per heavy atom. The Kier molecular flexibility index (Phi) is 5.16. The van der Waals surface area contributed by atoms with Crippen molar-refractivity contribution in [3.05, 3.63) is 0 Å². The first-order valence-electron chi connectivity index (χ1n) is 7.39. The summed E-state index contributed by atoms with van der Waals surface area (Å²) in [5, 5.41) is 3.23. The van der Waals surface area contributed by atoms with Gasteiger partial charge in [-0.05, 0) is 39.7 Å². The standard InChI is InChI=1S/C14H25FN2O2/c1-10(2)19-13-6-8-17(9-11(13)15)14(18)12-5-3-4-7-16-12/h10-13,16H,3-9H2,1-2H3/t11-,12+,13+/m1/s1. The third-order valence-corrected chi connectivity index (χ3v) is 3.85. The summed E-state index contributed by atoms with van der Waals surface area (Å²) in [6, 6.07) is -0.108. The molecule has 1 amide bonds. The molecule has 2 rings (SSSR count). The van der Waals surface area contributed by atoms with Crippen LogP contribution in [0.5, 0.6) is 0 Å². The van der Waals surface area contributed by atoms with E-state index in [0.29, 0.717) is 13.0 Å². The van der Waals surface area contributed by atoms with Crippen molar-refractivity contribution < 1.29 is 13.9 Å². The van der Waals surface area contributed by atoms with E-state index in [2.05, 4.69) is 5.32 Å². The van der Waals surface area contributed by atoms with E-state index in [4.69, 9.17) is 4.74 Å². The number of rotatable bonds is 3. The van der Waals surface area contributed by atoms with Gasteiger partial charge in [0.25, 0.3) is 0 Å². The smallest absolute Gasteiger partial charge is 0.239 e. The zero-order valence-electron chi connectivity index (χ0n) is 11.9. The molecule has 1 N–H and O–H groups in total. The third kappa shape index (κ3) is 3.89. The predicted molar refractivity (Wildman–Crippen MR) is 71.7 cm³/mol. The first-order chi connectivity index (χ1) is 9.08. The van der Waals surface area contributed by atoms with Crippen LogP contribution in [0.3, 0.4) is 0 Å². The Morgan fingerprint density at radius 3 is 2.74 bits per heavy atom. The van der Waals surface area contributed by atoms with Crippen molar-refractivity contribution in [1.82, 2.24) is 10.2 Å². The SMILES string of the molecule is CC(C)O[C@H]1CCN(C(=O)[C@@H]2CCCCN2)C[C@H]1F. The summed E-state index contributed by atoms with van der Waals surface area (Å²) in [7, 11) is 0. The van der Waals surface area contributed by atoms with E-state index in [0.717, 1.165) is 25.8 Å². The molecule has 0 aliphatic carbocycles. The second-order valence-corrected chi connectivity index (χ2v) is 5.81. The number of nitrogens with one attached hydrogen (secondary N) is 1. The summed E-state index contributed by atoms with van der Waals surface area (Å²) in [6.45, 7) is 5.50. The lowest BCUT2D eigenvalue weighted by Gasteiger charge is -2.37. The molecule has 0 bridgehead atoms. The zero-order valence-corrected chi connectivity index (χ0v) is 11.9. The summed E-state index contributed by atoms with van der Waals surface area (Å²) in [5.41, 5.74) is 0. The molecule has 3 atom stereocenters. The van der Waals surface area contributed by atoms with Gasteiger partial charge in [-0.1, -0.05) is 6.42 Å². The first kappa shape index (κ1) is 14.7. The Hall–Kier alpha value is -0.680. The minimum absolute atomic E-state index is 0.0329. The van der Waals surface area contributed by atoms with Gasteiger partial charge in [0, 0.05) is 6.54 Å². The van der Waals surface area contributed by atoms with Gasteiger partial charge >= 0.3 is 0 Å². The lowest BCUT2D eigenvalue weighted by Crippen LogP contribution is -2.54. The summed E-state index contributed by atoms with van der Waals surface area (Å²) < 4.78 is 19.6. The van der Waals surface area contributed by atoms with Crippen LogP contribution in [0.2, 0.25) is 0 Å². The number of amides is 1. The fraction of sp³-hybridized carbons (Fsp3) is 0.929. The molecule has 2 fully saturated rings. The van der Waals surface area contributed by atoms with E-state index >= 15 is 0 Å². The maximum atomic E-state index is 14.0. The number of alkyl halides is 1. The van der Waals surface area contributed by atoms with Crippen LogP contribution in [0.4, 0.5) is 4.39 Å². The predicted octanol–water partition coefficient (Wildman–Crippen LogP) is 1.49. The minimum Gasteiger partial charge on any atom is -0.372 e. The highest BCUT2D eigenvalue weighted by molar-refractivity contribution is 5.82. The van der Waals surface area contributed by atoms with Crippen molar-refractivity contribution in [3.63, 3.8) is 0 Å². The molecule has 0 aromatic heterocycles. The Bertz CT molecular complexity index is 306. The van der Waals surface area contributed by atoms with E-state index in [1.807, 2.05) is 13.8 Å². The number of likely N-dealkylation sites (tertiary alicyclic amines) is 1. The molecule has 4 nitrogen and oxygen atoms in total. The number of nitrogens with zero attached hydrogens (tertiary/aromatic N) is 1. The maximum absolute atomic E-state index is 14.0. The zero-order chi connectivity index (χ0) is 13.8. The summed E-state index contributed by atoms with van der Waals surface area (Å²) in [4.78, 5) is 13.9. The Labute approximate surface area is 114 Å². The molecule has 0 unspecified atom stereocenters. The van der Waals surface area contributed by atoms with E-state index in [1.54, 1.807) is 4.90 Å². The molecule has 5 heteroatoms. The van der Waals surface area contributed by atoms with Gasteiger partial charge in [0.2, 0.25) is 5.91 Å². The van der Waals surface area contributed by atoms with Crippen LogP contribution in [-0.2, 0) is 9.53 Å². The van der Waals surface area contributed by atoms with E-state index in [9.17, 15) is 9.18 Å². The largest absolute Gasteiger partial charge is 0.372 e. The van der Waals surface area contributed by atoms with Crippen molar-refractivity contribution in [3.8, 4) is 0 Å². The molecule has 2 saturated heterocycles. The lowest BCUT2D eigenvalue weighted by molar-refractivity contribution is -0.141. The number of hydrogen-bond donors (Lipinski definition) is 1. The van der Waals surface area contributed by atoms with Crippen LogP contribution in [0, 0.1) is 0 Å². The molecule has 19 heavy (non-hydrogen) atoms. The first-order valence-corrected chi connectivity index (χ1v) is 7.39. The van der Waals surface area contributed by atoms with Gasteiger partial charge in [0.1, 0.15) is 6.17 Å². The van der Waals surface area contributed by atoms with Crippen LogP contribution >= 0.6 is 0 Å². The monoisotopic (exact) mass is 272 g/mol. The van der Waals surface area contributed by atoms with Gasteiger partial charge in [0.05, 0.1) is 24.8 Å². The molecule has 2 aliphatic rings. The molecule has 2 aliphatic heterocycles. The van der Waals surface area contributed by atoms with Crippen LogP contribution in [-0.4, -0.2) is 54.9 Å². The minimum atomic E-state index is -1.07. The van der Waals surface area contributed by atoms with Crippen LogP contribution in [0.15, 0.2) is 0 Å². The highest BCUT2D eigenvalue weighted by atomic mass is 19.1. The number of hydrogen-bond acceptors (Lipinski definition) is 3. The lowest BCUT2D eigenvalue weighted by atomic mass is 10.0. The molecule has 0 radical (unpaired) electrons. The van der Waals surface area contributed by atoms with Crippen LogP contribution in [0.25, 0.3) is 0 Å². The van der Waals surface area contributed by atoms with E-state index in [1.165, 1.54) is 0 Å². The van der Waals surface area contributed by atoms with Crippen molar-refractivity contribution in [1.29, 1.82) is 0 Å². The molecule has 0 spiro atoms. The summed E-state index contributed by atoms with van der Waals surface area (Å²) >= 11 is 0. The summed E-state index contributed by atoms with van der Waals surface area (Å²) in [5.74, 6) is 0.0605. The molecular weight excluding hydrogens is 247 g/mol. The fourth-order valence-corrected chi connectivity index (χ4v) is 2.87. The van der Waals surface area contributed by atoms with E-state index in [-0.39, 0.29) is 30.7 Å². The van der Waals surface area contributed by atoms with Gasteiger partial charge in [0.15, 0.2) is 0 Å². The number of halogens is 1. The highest BCUT2D eigenvalue weighted by Crippen LogP contribution is 2.20. The molecule has 0 aromatic rings. The topological polar surface area (TPSA) is 41.6 Å². The average molecular weight is 272 g/mol. The third-order valence-electron chi connectivity index (χ3n) is 3.85. The van der Waals surface area contributed by atoms with Gasteiger partial charge in [-0.2, -0.15) is 0 Å². The highest BCUT2D eigenvalue weighted by Gasteiger charge is 2.35. The second kappa shape index (κ2) is 6.66. The van der Waals surface area contributed by atoms with Crippen molar-refractivity contribution >= 4 is 5.91 Å². The molecule has 110 valence electrons. The normalized spacial score (nSPS) is 32.6. The number of ether oxygens (including phenoxy) is 1. The number of carbonyl (C=O) groups is 1. The van der Waals surface area contributed by atoms with Gasteiger partial charge in [-0.15, -0.1) is 0 Å². The fourth-order valence-electron chi connectivity index (χ4n) is 2.87. The van der Waals surface area contributed by atoms with Gasteiger partial charge < -0.3 is 15.0 Å². The van der Waals surface area contributed by atoms with Crippen LogP contribution in [0.1, 0.15) is 39.5 Å². The Balaban J connectivity index is 1.85. The van der Waals surface area contributed by atoms with Crippen molar-refractivity contribution in [2.24, 2.45) is 0 Å². The molecule has 0 saturated carbocycles. The number of carbonyl (C=O) groups excluding carboxylic acids is 1. The number of piperidine rings is 2. The van der Waals surface area contributed by atoms with Gasteiger partial charge in [-0.25, -0.2) is 4.39 Å². The molecule has 2 heterocycles. The van der Waals surface area contributed by atoms with Crippen molar-refractivity contribution in [2.45, 2.75) is 64.0 Å². The average Bonchev–Trinajstić information content (AvgIpc) is 2.41. The van der Waals surface area contributed by atoms with Gasteiger partial charge in [-0.3, -0.25) is 4.79 Å². The van der Waals surface area contributed by atoms with Crippen LogP contribution < -0.4 is 5.32 Å². The quantitative estimate of drug-likeness (QED) is 0.846. The summed E-state index contributed by atoms with van der Waals surface area (Å²) in [6.07, 6.45) is 2.28. The Morgan fingerprint density at radius 1 is 1.37 bits per heavy atom. The van der Waals surface area contributed by atoms with Crippen molar-refractivity contribution in [2.75, 3.05) is 19.6 Å². The van der Waals surface area contributed by atoms with E-state index < -0.39 is 6.17 Å². The molecular formula is C14H25FN2O2. The maximum Gasteiger partial charge on any atom is 0.239 e.